The number of rotatable bonds is 4. The Bertz CT molecular complexity index is 834. The minimum atomic E-state index is 0.497. The summed E-state index contributed by atoms with van der Waals surface area (Å²) in [5, 5.41) is 8.04. The summed E-state index contributed by atoms with van der Waals surface area (Å²) >= 11 is 0. The summed E-state index contributed by atoms with van der Waals surface area (Å²) in [6, 6.07) is 12.6. The standard InChI is InChI=1S/C20H23N5/c1-15-18(14-22-25(15)17-10-6-3-7-11-17)19-12-13-21-20(24-19)23-16-8-4-2-5-9-16/h3,6-7,10-14,16H,2,4-5,8-9H2,1H3,(H,21,23,24). The van der Waals surface area contributed by atoms with E-state index in [2.05, 4.69) is 34.5 Å². The molecule has 3 aromatic rings. The first-order valence-electron chi connectivity index (χ1n) is 9.01. The number of aromatic nitrogens is 4. The maximum Gasteiger partial charge on any atom is 0.223 e. The van der Waals surface area contributed by atoms with Crippen molar-refractivity contribution in [3.63, 3.8) is 0 Å². The highest BCUT2D eigenvalue weighted by atomic mass is 15.3. The van der Waals surface area contributed by atoms with Gasteiger partial charge in [-0.15, -0.1) is 0 Å². The zero-order valence-corrected chi connectivity index (χ0v) is 14.5. The molecule has 2 aromatic heterocycles. The van der Waals surface area contributed by atoms with E-state index in [1.54, 1.807) is 0 Å². The van der Waals surface area contributed by atoms with Crippen LogP contribution in [0.3, 0.4) is 0 Å². The lowest BCUT2D eigenvalue weighted by atomic mass is 9.96. The number of anilines is 1. The number of para-hydroxylation sites is 1. The van der Waals surface area contributed by atoms with Crippen molar-refractivity contribution in [1.29, 1.82) is 0 Å². The fourth-order valence-corrected chi connectivity index (χ4v) is 3.50. The van der Waals surface area contributed by atoms with Gasteiger partial charge in [0, 0.05) is 17.8 Å². The Hall–Kier alpha value is -2.69. The van der Waals surface area contributed by atoms with Crippen molar-refractivity contribution in [3.8, 4) is 16.9 Å². The second-order valence-electron chi connectivity index (χ2n) is 6.64. The molecule has 2 heterocycles. The van der Waals surface area contributed by atoms with E-state index in [-0.39, 0.29) is 0 Å². The van der Waals surface area contributed by atoms with E-state index in [9.17, 15) is 0 Å². The predicted octanol–water partition coefficient (Wildman–Crippen LogP) is 4.38. The molecular weight excluding hydrogens is 310 g/mol. The molecule has 1 aliphatic rings. The monoisotopic (exact) mass is 333 g/mol. The maximum absolute atomic E-state index is 4.73. The first-order valence-corrected chi connectivity index (χ1v) is 9.01. The van der Waals surface area contributed by atoms with Crippen molar-refractivity contribution in [2.75, 3.05) is 5.32 Å². The van der Waals surface area contributed by atoms with Gasteiger partial charge < -0.3 is 5.32 Å². The van der Waals surface area contributed by atoms with Crippen LogP contribution in [0.5, 0.6) is 0 Å². The lowest BCUT2D eigenvalue weighted by Gasteiger charge is -2.22. The van der Waals surface area contributed by atoms with Crippen LogP contribution < -0.4 is 5.32 Å². The highest BCUT2D eigenvalue weighted by Gasteiger charge is 2.16. The van der Waals surface area contributed by atoms with Crippen LogP contribution >= 0.6 is 0 Å². The Balaban J connectivity index is 1.60. The van der Waals surface area contributed by atoms with Gasteiger partial charge in [0.2, 0.25) is 5.95 Å². The molecule has 0 aliphatic heterocycles. The molecule has 25 heavy (non-hydrogen) atoms. The summed E-state index contributed by atoms with van der Waals surface area (Å²) in [4.78, 5) is 9.13. The third-order valence-corrected chi connectivity index (χ3v) is 4.88. The second kappa shape index (κ2) is 7.05. The van der Waals surface area contributed by atoms with Gasteiger partial charge in [0.15, 0.2) is 0 Å². The van der Waals surface area contributed by atoms with Gasteiger partial charge in [0.05, 0.1) is 23.3 Å². The molecule has 0 atom stereocenters. The van der Waals surface area contributed by atoms with E-state index >= 15 is 0 Å². The van der Waals surface area contributed by atoms with Gasteiger partial charge in [-0.2, -0.15) is 5.10 Å². The van der Waals surface area contributed by atoms with Crippen LogP contribution in [0.2, 0.25) is 0 Å². The SMILES string of the molecule is Cc1c(-c2ccnc(NC3CCCCC3)n2)cnn1-c1ccccc1. The molecule has 5 nitrogen and oxygen atoms in total. The molecule has 1 aliphatic carbocycles. The zero-order chi connectivity index (χ0) is 17.1. The van der Waals surface area contributed by atoms with Crippen LogP contribution in [0.1, 0.15) is 37.8 Å². The normalized spacial score (nSPS) is 15.2. The van der Waals surface area contributed by atoms with Gasteiger partial charge in [-0.05, 0) is 38.0 Å². The number of nitrogens with one attached hydrogen (secondary N) is 1. The Morgan fingerprint density at radius 2 is 1.84 bits per heavy atom. The minimum absolute atomic E-state index is 0.497. The third kappa shape index (κ3) is 3.40. The number of hydrogen-bond donors (Lipinski definition) is 1. The smallest absolute Gasteiger partial charge is 0.223 e. The molecule has 5 heteroatoms. The first kappa shape index (κ1) is 15.8. The Kier molecular flexibility index (Phi) is 4.46. The van der Waals surface area contributed by atoms with E-state index in [0.29, 0.717) is 6.04 Å². The number of hydrogen-bond acceptors (Lipinski definition) is 4. The molecule has 1 aromatic carbocycles. The molecule has 0 spiro atoms. The van der Waals surface area contributed by atoms with Gasteiger partial charge >= 0.3 is 0 Å². The molecule has 0 bridgehead atoms. The van der Waals surface area contributed by atoms with E-state index in [1.807, 2.05) is 41.3 Å². The van der Waals surface area contributed by atoms with Crippen molar-refractivity contribution in [2.24, 2.45) is 0 Å². The van der Waals surface area contributed by atoms with Crippen LogP contribution in [0.4, 0.5) is 5.95 Å². The molecule has 1 saturated carbocycles. The molecule has 0 amide bonds. The molecule has 0 saturated heterocycles. The maximum atomic E-state index is 4.73. The first-order chi connectivity index (χ1) is 12.3. The Labute approximate surface area is 148 Å². The van der Waals surface area contributed by atoms with Crippen molar-refractivity contribution in [1.82, 2.24) is 19.7 Å². The average Bonchev–Trinajstić information content (AvgIpc) is 3.05. The summed E-state index contributed by atoms with van der Waals surface area (Å²) in [6.07, 6.45) is 10.1. The van der Waals surface area contributed by atoms with Gasteiger partial charge in [-0.1, -0.05) is 37.5 Å². The summed E-state index contributed by atoms with van der Waals surface area (Å²) in [5.74, 6) is 0.719. The fraction of sp³-hybridized carbons (Fsp3) is 0.350. The van der Waals surface area contributed by atoms with E-state index < -0.39 is 0 Å². The molecule has 0 radical (unpaired) electrons. The summed E-state index contributed by atoms with van der Waals surface area (Å²) < 4.78 is 1.95. The van der Waals surface area contributed by atoms with Crippen LogP contribution in [0.15, 0.2) is 48.8 Å². The van der Waals surface area contributed by atoms with Gasteiger partial charge in [-0.25, -0.2) is 14.6 Å². The number of benzene rings is 1. The molecule has 0 unspecified atom stereocenters. The van der Waals surface area contributed by atoms with Gasteiger partial charge in [0.25, 0.3) is 0 Å². The fourth-order valence-electron chi connectivity index (χ4n) is 3.50. The van der Waals surface area contributed by atoms with Crippen molar-refractivity contribution < 1.29 is 0 Å². The summed E-state index contributed by atoms with van der Waals surface area (Å²) in [5.41, 5.74) is 4.08. The minimum Gasteiger partial charge on any atom is -0.351 e. The third-order valence-electron chi connectivity index (χ3n) is 4.88. The Morgan fingerprint density at radius 1 is 1.04 bits per heavy atom. The van der Waals surface area contributed by atoms with Crippen LogP contribution in [0.25, 0.3) is 16.9 Å². The van der Waals surface area contributed by atoms with E-state index in [4.69, 9.17) is 4.98 Å². The zero-order valence-electron chi connectivity index (χ0n) is 14.5. The summed E-state index contributed by atoms with van der Waals surface area (Å²) in [6.45, 7) is 2.08. The second-order valence-corrected chi connectivity index (χ2v) is 6.64. The van der Waals surface area contributed by atoms with E-state index in [1.165, 1.54) is 32.1 Å². The van der Waals surface area contributed by atoms with Crippen LogP contribution in [0, 0.1) is 6.92 Å². The summed E-state index contributed by atoms with van der Waals surface area (Å²) in [7, 11) is 0. The average molecular weight is 333 g/mol. The van der Waals surface area contributed by atoms with Crippen LogP contribution in [-0.2, 0) is 0 Å². The molecule has 1 N–H and O–H groups in total. The van der Waals surface area contributed by atoms with Crippen molar-refractivity contribution in [3.05, 3.63) is 54.5 Å². The van der Waals surface area contributed by atoms with E-state index in [0.717, 1.165) is 28.6 Å². The quantitative estimate of drug-likeness (QED) is 0.770. The van der Waals surface area contributed by atoms with Gasteiger partial charge in [-0.3, -0.25) is 0 Å². The number of nitrogens with zero attached hydrogens (tertiary/aromatic N) is 4. The molecular formula is C20H23N5. The van der Waals surface area contributed by atoms with Crippen molar-refractivity contribution in [2.45, 2.75) is 45.1 Å². The predicted molar refractivity (Wildman–Crippen MR) is 99.8 cm³/mol. The Morgan fingerprint density at radius 3 is 2.64 bits per heavy atom. The molecule has 128 valence electrons. The van der Waals surface area contributed by atoms with Crippen molar-refractivity contribution >= 4 is 5.95 Å². The topological polar surface area (TPSA) is 55.6 Å². The molecule has 1 fully saturated rings. The lowest BCUT2D eigenvalue weighted by molar-refractivity contribution is 0.461. The lowest BCUT2D eigenvalue weighted by Crippen LogP contribution is -2.23. The van der Waals surface area contributed by atoms with Gasteiger partial charge in [0.1, 0.15) is 0 Å². The highest BCUT2D eigenvalue weighted by molar-refractivity contribution is 5.63. The largest absolute Gasteiger partial charge is 0.351 e. The van der Waals surface area contributed by atoms with Crippen LogP contribution in [-0.4, -0.2) is 25.8 Å². The highest BCUT2D eigenvalue weighted by Crippen LogP contribution is 2.25. The molecule has 4 rings (SSSR count).